The number of hydrogen-bond acceptors (Lipinski definition) is 2. The third-order valence-corrected chi connectivity index (χ3v) is 5.59. The maximum atomic E-state index is 14.5. The Hall–Kier alpha value is -0.300. The Kier molecular flexibility index (Phi) is 5.94. The molecule has 0 radical (unpaired) electrons. The number of thiophene rings is 1. The number of benzene rings is 1. The van der Waals surface area contributed by atoms with E-state index in [0.29, 0.717) is 12.1 Å². The second-order valence-corrected chi connectivity index (χ2v) is 8.51. The van der Waals surface area contributed by atoms with Gasteiger partial charge in [0.25, 0.3) is 0 Å². The predicted octanol–water partition coefficient (Wildman–Crippen LogP) is 5.95. The average molecular weight is 439 g/mol. The van der Waals surface area contributed by atoms with Gasteiger partial charge in [-0.3, -0.25) is 0 Å². The molecule has 0 aliphatic heterocycles. The molecule has 0 fully saturated rings. The number of rotatable bonds is 5. The fraction of sp³-hybridized carbons (Fsp3) is 0.333. The van der Waals surface area contributed by atoms with Crippen LogP contribution in [0.3, 0.4) is 0 Å². The lowest BCUT2D eigenvalue weighted by Gasteiger charge is -2.21. The lowest BCUT2D eigenvalue weighted by atomic mass is 9.98. The summed E-state index contributed by atoms with van der Waals surface area (Å²) in [4.78, 5) is 0. The fourth-order valence-corrected chi connectivity index (χ4v) is 5.05. The number of halogens is 4. The first-order valence-corrected chi connectivity index (χ1v) is 8.98. The van der Waals surface area contributed by atoms with E-state index in [1.165, 1.54) is 23.5 Å². The van der Waals surface area contributed by atoms with E-state index in [9.17, 15) is 8.78 Å². The highest BCUT2D eigenvalue weighted by molar-refractivity contribution is 9.12. The molecule has 1 nitrogen and oxygen atoms in total. The van der Waals surface area contributed by atoms with Crippen LogP contribution in [0.2, 0.25) is 0 Å². The highest BCUT2D eigenvalue weighted by Gasteiger charge is 2.25. The molecule has 0 bridgehead atoms. The fourth-order valence-electron chi connectivity index (χ4n) is 2.15. The van der Waals surface area contributed by atoms with Crippen molar-refractivity contribution in [3.63, 3.8) is 0 Å². The Morgan fingerprint density at radius 2 is 2.00 bits per heavy atom. The average Bonchev–Trinajstić information content (AvgIpc) is 2.77. The molecule has 1 aromatic carbocycles. The molecule has 0 aliphatic rings. The van der Waals surface area contributed by atoms with E-state index in [1.807, 2.05) is 13.0 Å². The molecule has 1 unspecified atom stereocenters. The highest BCUT2D eigenvalue weighted by Crippen LogP contribution is 2.39. The van der Waals surface area contributed by atoms with Gasteiger partial charge < -0.3 is 5.32 Å². The first-order chi connectivity index (χ1) is 9.95. The Balaban J connectivity index is 2.56. The minimum Gasteiger partial charge on any atom is -0.306 e. The van der Waals surface area contributed by atoms with Crippen molar-refractivity contribution in [3.05, 3.63) is 54.1 Å². The number of aryl methyl sites for hydroxylation is 1. The Morgan fingerprint density at radius 3 is 2.57 bits per heavy atom. The number of hydrogen-bond donors (Lipinski definition) is 1. The van der Waals surface area contributed by atoms with Gasteiger partial charge in [-0.25, -0.2) is 8.78 Å². The second-order valence-electron chi connectivity index (χ2n) is 4.76. The summed E-state index contributed by atoms with van der Waals surface area (Å²) in [5.41, 5.74) is 1.36. The second kappa shape index (κ2) is 7.31. The van der Waals surface area contributed by atoms with Gasteiger partial charge in [-0.2, -0.15) is 0 Å². The van der Waals surface area contributed by atoms with Crippen LogP contribution < -0.4 is 5.32 Å². The van der Waals surface area contributed by atoms with Crippen LogP contribution in [0.25, 0.3) is 0 Å². The predicted molar refractivity (Wildman–Crippen MR) is 91.0 cm³/mol. The molecule has 0 spiro atoms. The molecule has 6 heteroatoms. The van der Waals surface area contributed by atoms with Crippen molar-refractivity contribution in [1.29, 1.82) is 0 Å². The summed E-state index contributed by atoms with van der Waals surface area (Å²) in [6, 6.07) is 4.16. The number of nitrogens with one attached hydrogen (secondary N) is 1. The van der Waals surface area contributed by atoms with Gasteiger partial charge in [0.1, 0.15) is 11.6 Å². The molecule has 0 aliphatic carbocycles. The van der Waals surface area contributed by atoms with E-state index in [2.05, 4.69) is 37.2 Å². The Bertz CT molecular complexity index is 643. The van der Waals surface area contributed by atoms with E-state index in [4.69, 9.17) is 0 Å². The topological polar surface area (TPSA) is 12.0 Å². The van der Waals surface area contributed by atoms with Gasteiger partial charge >= 0.3 is 0 Å². The summed E-state index contributed by atoms with van der Waals surface area (Å²) < 4.78 is 30.5. The lowest BCUT2D eigenvalue weighted by Crippen LogP contribution is -2.25. The van der Waals surface area contributed by atoms with Crippen molar-refractivity contribution >= 4 is 43.2 Å². The van der Waals surface area contributed by atoms with E-state index in [1.54, 1.807) is 6.92 Å². The quantitative estimate of drug-likeness (QED) is 0.608. The third-order valence-electron chi connectivity index (χ3n) is 3.20. The largest absolute Gasteiger partial charge is 0.306 e. The maximum Gasteiger partial charge on any atom is 0.134 e. The molecule has 0 amide bonds. The van der Waals surface area contributed by atoms with Crippen molar-refractivity contribution in [2.75, 3.05) is 6.54 Å². The van der Waals surface area contributed by atoms with Gasteiger partial charge in [0, 0.05) is 5.56 Å². The molecular weight excluding hydrogens is 424 g/mol. The van der Waals surface area contributed by atoms with E-state index < -0.39 is 17.7 Å². The van der Waals surface area contributed by atoms with Gasteiger partial charge in [0.05, 0.1) is 13.6 Å². The third kappa shape index (κ3) is 3.73. The van der Waals surface area contributed by atoms with Crippen molar-refractivity contribution in [2.24, 2.45) is 0 Å². The normalized spacial score (nSPS) is 12.7. The summed E-state index contributed by atoms with van der Waals surface area (Å²) >= 11 is 8.38. The molecular formula is C15H15Br2F2NS. The van der Waals surface area contributed by atoms with Crippen LogP contribution in [0.1, 0.15) is 36.1 Å². The monoisotopic (exact) mass is 437 g/mol. The zero-order valence-electron chi connectivity index (χ0n) is 11.6. The van der Waals surface area contributed by atoms with Gasteiger partial charge in [0.15, 0.2) is 0 Å². The van der Waals surface area contributed by atoms with Crippen LogP contribution in [0.5, 0.6) is 0 Å². The van der Waals surface area contributed by atoms with Gasteiger partial charge in [-0.05, 0) is 75.0 Å². The zero-order chi connectivity index (χ0) is 15.6. The molecule has 1 atom stereocenters. The Morgan fingerprint density at radius 1 is 1.29 bits per heavy atom. The van der Waals surface area contributed by atoms with Crippen LogP contribution >= 0.6 is 43.2 Å². The first-order valence-electron chi connectivity index (χ1n) is 6.58. The van der Waals surface area contributed by atoms with Crippen LogP contribution in [-0.2, 0) is 0 Å². The first kappa shape index (κ1) is 17.1. The van der Waals surface area contributed by atoms with Crippen LogP contribution in [-0.4, -0.2) is 6.54 Å². The molecule has 21 heavy (non-hydrogen) atoms. The molecule has 0 saturated heterocycles. The van der Waals surface area contributed by atoms with Crippen molar-refractivity contribution in [3.8, 4) is 0 Å². The zero-order valence-corrected chi connectivity index (χ0v) is 15.6. The molecule has 114 valence electrons. The molecule has 0 saturated carbocycles. The summed E-state index contributed by atoms with van der Waals surface area (Å²) in [5, 5.41) is 3.24. The minimum atomic E-state index is -0.527. The lowest BCUT2D eigenvalue weighted by molar-refractivity contribution is 0.499. The summed E-state index contributed by atoms with van der Waals surface area (Å²) in [5.74, 6) is -1.02. The molecule has 1 N–H and O–H groups in total. The molecule has 2 aromatic rings. The van der Waals surface area contributed by atoms with E-state index in [-0.39, 0.29) is 5.56 Å². The van der Waals surface area contributed by atoms with Crippen LogP contribution in [0.4, 0.5) is 8.78 Å². The molecule has 1 heterocycles. The minimum absolute atomic E-state index is 0.0782. The molecule has 1 aromatic heterocycles. The van der Waals surface area contributed by atoms with E-state index >= 15 is 0 Å². The van der Waals surface area contributed by atoms with Gasteiger partial charge in [0.2, 0.25) is 0 Å². The van der Waals surface area contributed by atoms with Crippen molar-refractivity contribution in [2.45, 2.75) is 26.3 Å². The van der Waals surface area contributed by atoms with Gasteiger partial charge in [-0.1, -0.05) is 13.0 Å². The van der Waals surface area contributed by atoms with Crippen LogP contribution in [0.15, 0.2) is 25.8 Å². The van der Waals surface area contributed by atoms with Crippen molar-refractivity contribution in [1.82, 2.24) is 5.32 Å². The van der Waals surface area contributed by atoms with E-state index in [0.717, 1.165) is 19.6 Å². The smallest absolute Gasteiger partial charge is 0.134 e. The maximum absolute atomic E-state index is 14.5. The summed E-state index contributed by atoms with van der Waals surface area (Å²) in [6.45, 7) is 4.34. The highest BCUT2D eigenvalue weighted by atomic mass is 79.9. The summed E-state index contributed by atoms with van der Waals surface area (Å²) in [7, 11) is 0. The van der Waals surface area contributed by atoms with Gasteiger partial charge in [-0.15, -0.1) is 11.3 Å². The standard InChI is InChI=1S/C15H15Br2F2NS/c1-3-6-20-14(9-7-11(16)21-15(9)17)12-10(18)5-4-8(2)13(12)19/h4-5,7,14,20H,3,6H2,1-2H3. The SMILES string of the molecule is CCCNC(c1cc(Br)sc1Br)c1c(F)ccc(C)c1F. The summed E-state index contributed by atoms with van der Waals surface area (Å²) in [6.07, 6.45) is 0.883. The molecule has 2 rings (SSSR count). The Labute approximate surface area is 144 Å². The van der Waals surface area contributed by atoms with Crippen LogP contribution in [0, 0.1) is 18.6 Å². The van der Waals surface area contributed by atoms with Crippen molar-refractivity contribution < 1.29 is 8.78 Å².